The van der Waals surface area contributed by atoms with E-state index in [1.807, 2.05) is 7.05 Å². The maximum atomic E-state index is 10.9. The van der Waals surface area contributed by atoms with Crippen molar-refractivity contribution in [2.75, 3.05) is 20.1 Å². The number of aliphatic hydroxyl groups is 1. The average Bonchev–Trinajstić information content (AvgIpc) is 2.13. The zero-order chi connectivity index (χ0) is 14.0. The summed E-state index contributed by atoms with van der Waals surface area (Å²) in [5.74, 6) is -0.988. The number of hydrogen-bond donors (Lipinski definition) is 2. The molecule has 0 unspecified atom stereocenters. The number of rotatable bonds is 4. The van der Waals surface area contributed by atoms with Gasteiger partial charge in [-0.1, -0.05) is 20.8 Å². The molecule has 2 N–H and O–H groups in total. The first-order valence-corrected chi connectivity index (χ1v) is 6.75. The van der Waals surface area contributed by atoms with Crippen molar-refractivity contribution < 1.29 is 15.0 Å². The predicted octanol–water partition coefficient (Wildman–Crippen LogP) is 1.97. The van der Waals surface area contributed by atoms with E-state index in [2.05, 4.69) is 25.7 Å². The maximum absolute atomic E-state index is 10.9. The van der Waals surface area contributed by atoms with Crippen molar-refractivity contribution in [1.82, 2.24) is 4.90 Å². The molecule has 0 bridgehead atoms. The molecule has 1 fully saturated rings. The lowest BCUT2D eigenvalue weighted by molar-refractivity contribution is -0.145. The smallest absolute Gasteiger partial charge is 0.306 e. The van der Waals surface area contributed by atoms with Gasteiger partial charge in [-0.2, -0.15) is 0 Å². The number of carboxylic acids is 1. The van der Waals surface area contributed by atoms with Gasteiger partial charge in [0.2, 0.25) is 0 Å². The quantitative estimate of drug-likeness (QED) is 0.808. The molecule has 18 heavy (non-hydrogen) atoms. The van der Waals surface area contributed by atoms with Gasteiger partial charge in [-0.25, -0.2) is 0 Å². The second-order valence-corrected chi connectivity index (χ2v) is 7.07. The molecule has 0 heterocycles. The van der Waals surface area contributed by atoms with Crippen LogP contribution in [0.2, 0.25) is 0 Å². The van der Waals surface area contributed by atoms with Gasteiger partial charge in [0.15, 0.2) is 0 Å². The van der Waals surface area contributed by atoms with Crippen molar-refractivity contribution in [1.29, 1.82) is 0 Å². The van der Waals surface area contributed by atoms with Gasteiger partial charge in [0.1, 0.15) is 0 Å². The zero-order valence-electron chi connectivity index (χ0n) is 12.1. The van der Waals surface area contributed by atoms with Gasteiger partial charge in [0.25, 0.3) is 0 Å². The van der Waals surface area contributed by atoms with Crippen molar-refractivity contribution >= 4 is 5.97 Å². The number of likely N-dealkylation sites (N-methyl/N-ethyl adjacent to an activating group) is 1. The van der Waals surface area contributed by atoms with E-state index in [1.165, 1.54) is 0 Å². The van der Waals surface area contributed by atoms with Crippen LogP contribution in [0.1, 0.15) is 46.5 Å². The van der Waals surface area contributed by atoms with E-state index in [0.29, 0.717) is 32.2 Å². The normalized spacial score (nSPS) is 29.6. The van der Waals surface area contributed by atoms with E-state index >= 15 is 0 Å². The lowest BCUT2D eigenvalue weighted by atomic mass is 9.78. The lowest BCUT2D eigenvalue weighted by Crippen LogP contribution is -2.46. The number of nitrogens with zero attached hydrogens (tertiary/aromatic N) is 1. The first kappa shape index (κ1) is 15.4. The fourth-order valence-corrected chi connectivity index (χ4v) is 2.93. The number of carbonyl (C=O) groups is 1. The average molecular weight is 257 g/mol. The summed E-state index contributed by atoms with van der Waals surface area (Å²) >= 11 is 0. The van der Waals surface area contributed by atoms with Crippen LogP contribution in [-0.2, 0) is 4.79 Å². The second-order valence-electron chi connectivity index (χ2n) is 7.07. The third-order valence-electron chi connectivity index (χ3n) is 3.57. The SMILES string of the molecule is CN(CC(C)(C)C)CC1(O)CCC(C(=O)O)CC1. The predicted molar refractivity (Wildman–Crippen MR) is 71.5 cm³/mol. The van der Waals surface area contributed by atoms with E-state index in [9.17, 15) is 9.90 Å². The Labute approximate surface area is 110 Å². The zero-order valence-corrected chi connectivity index (χ0v) is 12.1. The molecule has 0 radical (unpaired) electrons. The molecule has 1 rings (SSSR count). The fraction of sp³-hybridized carbons (Fsp3) is 0.929. The molecule has 106 valence electrons. The highest BCUT2D eigenvalue weighted by Crippen LogP contribution is 2.33. The monoisotopic (exact) mass is 257 g/mol. The minimum atomic E-state index is -0.722. The molecule has 1 saturated carbocycles. The fourth-order valence-electron chi connectivity index (χ4n) is 2.93. The molecule has 0 amide bonds. The number of carboxylic acid groups (broad SMARTS) is 1. The molecule has 0 aromatic carbocycles. The largest absolute Gasteiger partial charge is 0.481 e. The van der Waals surface area contributed by atoms with Crippen molar-refractivity contribution in [2.45, 2.75) is 52.1 Å². The van der Waals surface area contributed by atoms with Gasteiger partial charge in [-0.15, -0.1) is 0 Å². The van der Waals surface area contributed by atoms with Gasteiger partial charge < -0.3 is 15.1 Å². The summed E-state index contributed by atoms with van der Waals surface area (Å²) in [6.07, 6.45) is 2.38. The first-order chi connectivity index (χ1) is 8.11. The van der Waals surface area contributed by atoms with Gasteiger partial charge in [0, 0.05) is 13.1 Å². The highest BCUT2D eigenvalue weighted by atomic mass is 16.4. The van der Waals surface area contributed by atoms with E-state index in [4.69, 9.17) is 5.11 Å². The Balaban J connectivity index is 2.45. The van der Waals surface area contributed by atoms with E-state index < -0.39 is 11.6 Å². The molecule has 0 aromatic rings. The Bertz CT molecular complexity index is 288. The Morgan fingerprint density at radius 3 is 2.22 bits per heavy atom. The van der Waals surface area contributed by atoms with E-state index in [0.717, 1.165) is 6.54 Å². The van der Waals surface area contributed by atoms with Crippen LogP contribution in [0.5, 0.6) is 0 Å². The van der Waals surface area contributed by atoms with Crippen LogP contribution in [0.3, 0.4) is 0 Å². The second kappa shape index (κ2) is 5.57. The third-order valence-corrected chi connectivity index (χ3v) is 3.57. The summed E-state index contributed by atoms with van der Waals surface area (Å²) in [6.45, 7) is 8.09. The van der Waals surface area contributed by atoms with Crippen LogP contribution in [0.4, 0.5) is 0 Å². The molecular formula is C14H27NO3. The number of hydrogen-bond acceptors (Lipinski definition) is 3. The van der Waals surface area contributed by atoms with Gasteiger partial charge in [-0.05, 0) is 38.1 Å². The maximum Gasteiger partial charge on any atom is 0.306 e. The van der Waals surface area contributed by atoms with Crippen LogP contribution in [-0.4, -0.2) is 46.8 Å². The van der Waals surface area contributed by atoms with Crippen LogP contribution in [0.15, 0.2) is 0 Å². The molecule has 0 aromatic heterocycles. The Kier molecular flexibility index (Phi) is 4.78. The molecular weight excluding hydrogens is 230 g/mol. The minimum Gasteiger partial charge on any atom is -0.481 e. The molecule has 4 heteroatoms. The molecule has 0 saturated heterocycles. The van der Waals surface area contributed by atoms with Crippen LogP contribution in [0, 0.1) is 11.3 Å². The minimum absolute atomic E-state index is 0.212. The van der Waals surface area contributed by atoms with E-state index in [1.54, 1.807) is 0 Å². The van der Waals surface area contributed by atoms with Crippen molar-refractivity contribution in [3.63, 3.8) is 0 Å². The first-order valence-electron chi connectivity index (χ1n) is 6.75. The topological polar surface area (TPSA) is 60.8 Å². The van der Waals surface area contributed by atoms with Crippen molar-refractivity contribution in [2.24, 2.45) is 11.3 Å². The summed E-state index contributed by atoms with van der Waals surface area (Å²) in [5.41, 5.74) is -0.491. The van der Waals surface area contributed by atoms with Gasteiger partial charge in [0.05, 0.1) is 11.5 Å². The summed E-state index contributed by atoms with van der Waals surface area (Å²) in [4.78, 5) is 13.0. The Hall–Kier alpha value is -0.610. The van der Waals surface area contributed by atoms with Crippen molar-refractivity contribution in [3.05, 3.63) is 0 Å². The molecule has 0 spiro atoms. The molecule has 0 aliphatic heterocycles. The standard InChI is InChI=1S/C14H27NO3/c1-13(2,3)9-15(4)10-14(18)7-5-11(6-8-14)12(16)17/h11,18H,5-10H2,1-4H3,(H,16,17). The highest BCUT2D eigenvalue weighted by molar-refractivity contribution is 5.70. The summed E-state index contributed by atoms with van der Waals surface area (Å²) in [7, 11) is 2.02. The Morgan fingerprint density at radius 1 is 1.33 bits per heavy atom. The van der Waals surface area contributed by atoms with Crippen LogP contribution >= 0.6 is 0 Å². The van der Waals surface area contributed by atoms with Crippen molar-refractivity contribution in [3.8, 4) is 0 Å². The lowest BCUT2D eigenvalue weighted by Gasteiger charge is -2.39. The molecule has 4 nitrogen and oxygen atoms in total. The molecule has 1 aliphatic rings. The number of aliphatic carboxylic acids is 1. The van der Waals surface area contributed by atoms with Crippen LogP contribution in [0.25, 0.3) is 0 Å². The van der Waals surface area contributed by atoms with Gasteiger partial charge in [-0.3, -0.25) is 4.79 Å². The summed E-state index contributed by atoms with van der Waals surface area (Å²) in [6, 6.07) is 0. The Morgan fingerprint density at radius 2 is 1.83 bits per heavy atom. The van der Waals surface area contributed by atoms with E-state index in [-0.39, 0.29) is 11.3 Å². The van der Waals surface area contributed by atoms with Crippen LogP contribution < -0.4 is 0 Å². The third kappa shape index (κ3) is 4.94. The molecule has 0 atom stereocenters. The van der Waals surface area contributed by atoms with Gasteiger partial charge >= 0.3 is 5.97 Å². The highest BCUT2D eigenvalue weighted by Gasteiger charge is 2.36. The molecule has 1 aliphatic carbocycles. The summed E-state index contributed by atoms with van der Waals surface area (Å²) in [5, 5.41) is 19.5. The summed E-state index contributed by atoms with van der Waals surface area (Å²) < 4.78 is 0.